The third-order valence-electron chi connectivity index (χ3n) is 7.28. The van der Waals surface area contributed by atoms with Crippen LogP contribution in [0.1, 0.15) is 43.5 Å². The number of carbonyl (C=O) groups excluding carboxylic acids is 2. The summed E-state index contributed by atoms with van der Waals surface area (Å²) in [5.41, 5.74) is 12.5. The van der Waals surface area contributed by atoms with E-state index in [4.69, 9.17) is 5.73 Å². The van der Waals surface area contributed by atoms with E-state index in [9.17, 15) is 9.59 Å². The third-order valence-corrected chi connectivity index (χ3v) is 7.28. The number of nitrogens with two attached hydrogens (primary N) is 1. The predicted octanol–water partition coefficient (Wildman–Crippen LogP) is 5.41. The van der Waals surface area contributed by atoms with Crippen LogP contribution < -0.4 is 11.1 Å². The van der Waals surface area contributed by atoms with E-state index in [0.717, 1.165) is 47.2 Å². The number of piperidine rings is 1. The van der Waals surface area contributed by atoms with Crippen LogP contribution in [-0.2, 0) is 11.8 Å². The number of likely N-dealkylation sites (tertiary alicyclic amines) is 1. The second-order valence-corrected chi connectivity index (χ2v) is 9.97. The van der Waals surface area contributed by atoms with Crippen LogP contribution in [0, 0.1) is 0 Å². The van der Waals surface area contributed by atoms with Gasteiger partial charge in [-0.1, -0.05) is 30.8 Å². The molecule has 0 aliphatic carbocycles. The maximum Gasteiger partial charge on any atom is 0.254 e. The van der Waals surface area contributed by atoms with Gasteiger partial charge >= 0.3 is 0 Å². The summed E-state index contributed by atoms with van der Waals surface area (Å²) in [4.78, 5) is 36.0. The predicted molar refractivity (Wildman–Crippen MR) is 152 cm³/mol. The van der Waals surface area contributed by atoms with Crippen LogP contribution >= 0.6 is 0 Å². The van der Waals surface area contributed by atoms with Gasteiger partial charge in [0.2, 0.25) is 0 Å². The van der Waals surface area contributed by atoms with Gasteiger partial charge in [0, 0.05) is 42.0 Å². The van der Waals surface area contributed by atoms with Crippen molar-refractivity contribution in [1.29, 1.82) is 0 Å². The molecule has 1 atom stereocenters. The Morgan fingerprint density at radius 2 is 1.71 bits per heavy atom. The highest BCUT2D eigenvalue weighted by Gasteiger charge is 2.25. The lowest BCUT2D eigenvalue weighted by molar-refractivity contribution is -0.112. The highest BCUT2D eigenvalue weighted by atomic mass is 16.2. The van der Waals surface area contributed by atoms with Gasteiger partial charge in [0.1, 0.15) is 17.8 Å². The van der Waals surface area contributed by atoms with Crippen LogP contribution in [0.2, 0.25) is 0 Å². The summed E-state index contributed by atoms with van der Waals surface area (Å²) in [6.45, 7) is 8.27. The van der Waals surface area contributed by atoms with Crippen molar-refractivity contribution in [3.63, 3.8) is 0 Å². The van der Waals surface area contributed by atoms with E-state index in [2.05, 4.69) is 28.8 Å². The average Bonchev–Trinajstić information content (AvgIpc) is 3.22. The number of amides is 2. The van der Waals surface area contributed by atoms with Crippen molar-refractivity contribution in [2.75, 3.05) is 17.6 Å². The third kappa shape index (κ3) is 4.53. The second kappa shape index (κ2) is 10.1. The summed E-state index contributed by atoms with van der Waals surface area (Å²) in [7, 11) is 1.94. The highest BCUT2D eigenvalue weighted by Crippen LogP contribution is 2.41. The first-order valence-corrected chi connectivity index (χ1v) is 12.8. The summed E-state index contributed by atoms with van der Waals surface area (Å²) < 4.78 is 2.00. The first-order chi connectivity index (χ1) is 18.3. The van der Waals surface area contributed by atoms with Gasteiger partial charge in [-0.05, 0) is 68.5 Å². The number of anilines is 2. The first kappa shape index (κ1) is 25.2. The molecule has 3 N–H and O–H groups in total. The minimum atomic E-state index is -0.223. The number of nitrogens with zero attached hydrogens (tertiary/aromatic N) is 4. The Balaban J connectivity index is 1.57. The second-order valence-electron chi connectivity index (χ2n) is 9.97. The molecule has 8 heteroatoms. The maximum atomic E-state index is 13.2. The van der Waals surface area contributed by atoms with Crippen LogP contribution in [0.15, 0.2) is 67.0 Å². The molecule has 2 amide bonds. The van der Waals surface area contributed by atoms with Gasteiger partial charge in [-0.2, -0.15) is 0 Å². The van der Waals surface area contributed by atoms with Gasteiger partial charge < -0.3 is 20.5 Å². The molecule has 1 aliphatic heterocycles. The highest BCUT2D eigenvalue weighted by molar-refractivity contribution is 6.08. The number of nitrogens with one attached hydrogen (secondary N) is 1. The molecule has 2 aromatic carbocycles. The number of nitrogen functional groups attached to an aromatic ring is 1. The minimum absolute atomic E-state index is 0.0668. The van der Waals surface area contributed by atoms with E-state index in [1.165, 1.54) is 12.7 Å². The zero-order valence-corrected chi connectivity index (χ0v) is 22.0. The molecule has 3 heterocycles. The van der Waals surface area contributed by atoms with E-state index < -0.39 is 0 Å². The fourth-order valence-corrected chi connectivity index (χ4v) is 5.19. The quantitative estimate of drug-likeness (QED) is 0.351. The summed E-state index contributed by atoms with van der Waals surface area (Å²) in [6.07, 6.45) is 4.71. The number of carbonyl (C=O) groups is 2. The molecule has 1 fully saturated rings. The minimum Gasteiger partial charge on any atom is -0.383 e. The van der Waals surface area contributed by atoms with Gasteiger partial charge in [-0.15, -0.1) is 0 Å². The first-order valence-electron chi connectivity index (χ1n) is 12.8. The number of aromatic nitrogens is 3. The molecule has 0 saturated carbocycles. The number of fused-ring (bicyclic) bond motifs is 1. The van der Waals surface area contributed by atoms with Crippen molar-refractivity contribution in [3.8, 4) is 22.4 Å². The van der Waals surface area contributed by atoms with Crippen LogP contribution in [0.5, 0.6) is 0 Å². The lowest BCUT2D eigenvalue weighted by atomic mass is 9.97. The van der Waals surface area contributed by atoms with Crippen molar-refractivity contribution < 1.29 is 9.59 Å². The molecule has 194 valence electrons. The van der Waals surface area contributed by atoms with Crippen molar-refractivity contribution in [1.82, 2.24) is 19.4 Å². The largest absolute Gasteiger partial charge is 0.383 e. The molecule has 5 rings (SSSR count). The molecule has 0 unspecified atom stereocenters. The Morgan fingerprint density at radius 1 is 1.03 bits per heavy atom. The number of benzene rings is 2. The van der Waals surface area contributed by atoms with Crippen molar-refractivity contribution in [2.45, 2.75) is 39.2 Å². The van der Waals surface area contributed by atoms with Crippen LogP contribution in [0.4, 0.5) is 11.5 Å². The zero-order valence-electron chi connectivity index (χ0n) is 22.0. The summed E-state index contributed by atoms with van der Waals surface area (Å²) >= 11 is 0. The molecule has 1 saturated heterocycles. The normalized spacial score (nSPS) is 15.4. The standard InChI is InChI=1S/C30H32N6O2/c1-18(2)29(37)34-23-14-12-21(13-15-23)26-24(25-27(31)32-17-33-28(25)35(26)4)20-8-10-22(11-9-20)30(38)36-16-6-5-7-19(36)3/h8-15,17,19H,1,5-7,16H2,2-4H3,(H,34,37)(H2,31,32,33)/t19-/m1/s1. The number of hydrogen-bond donors (Lipinski definition) is 2. The monoisotopic (exact) mass is 508 g/mol. The van der Waals surface area contributed by atoms with Gasteiger partial charge in [0.05, 0.1) is 11.1 Å². The molecule has 8 nitrogen and oxygen atoms in total. The van der Waals surface area contributed by atoms with E-state index in [-0.39, 0.29) is 17.9 Å². The molecule has 1 aliphatic rings. The smallest absolute Gasteiger partial charge is 0.254 e. The number of rotatable bonds is 5. The van der Waals surface area contributed by atoms with Crippen molar-refractivity contribution in [2.24, 2.45) is 7.05 Å². The summed E-state index contributed by atoms with van der Waals surface area (Å²) in [5.74, 6) is 0.233. The molecular formula is C30H32N6O2. The summed E-state index contributed by atoms with van der Waals surface area (Å²) in [5, 5.41) is 3.60. The van der Waals surface area contributed by atoms with E-state index in [1.807, 2.05) is 65.0 Å². The molecular weight excluding hydrogens is 476 g/mol. The average molecular weight is 509 g/mol. The lowest BCUT2D eigenvalue weighted by Gasteiger charge is -2.33. The Hall–Kier alpha value is -4.46. The van der Waals surface area contributed by atoms with Crippen molar-refractivity contribution in [3.05, 3.63) is 72.6 Å². The van der Waals surface area contributed by atoms with Gasteiger partial charge in [-0.3, -0.25) is 9.59 Å². The molecule has 38 heavy (non-hydrogen) atoms. The SMILES string of the molecule is C=C(C)C(=O)Nc1ccc(-c2c(-c3ccc(C(=O)N4CCCC[C@H]4C)cc3)c3c(N)ncnc3n2C)cc1. The zero-order chi connectivity index (χ0) is 27.0. The fourth-order valence-electron chi connectivity index (χ4n) is 5.19. The number of hydrogen-bond acceptors (Lipinski definition) is 5. The maximum absolute atomic E-state index is 13.2. The van der Waals surface area contributed by atoms with Crippen molar-refractivity contribution >= 4 is 34.4 Å². The van der Waals surface area contributed by atoms with E-state index in [1.54, 1.807) is 6.92 Å². The number of aryl methyl sites for hydroxylation is 1. The van der Waals surface area contributed by atoms with Crippen LogP contribution in [-0.4, -0.2) is 43.8 Å². The molecule has 4 aromatic rings. The molecule has 0 radical (unpaired) electrons. The Morgan fingerprint density at radius 3 is 2.37 bits per heavy atom. The lowest BCUT2D eigenvalue weighted by Crippen LogP contribution is -2.41. The fraction of sp³-hybridized carbons (Fsp3) is 0.267. The van der Waals surface area contributed by atoms with Gasteiger partial charge in [0.15, 0.2) is 0 Å². The van der Waals surface area contributed by atoms with Gasteiger partial charge in [-0.25, -0.2) is 9.97 Å². The summed E-state index contributed by atoms with van der Waals surface area (Å²) in [6, 6.07) is 15.6. The topological polar surface area (TPSA) is 106 Å². The van der Waals surface area contributed by atoms with E-state index >= 15 is 0 Å². The Bertz CT molecular complexity index is 1540. The molecule has 0 bridgehead atoms. The Labute approximate surface area is 222 Å². The Kier molecular flexibility index (Phi) is 6.72. The molecule has 2 aromatic heterocycles. The van der Waals surface area contributed by atoms with Crippen LogP contribution in [0.3, 0.4) is 0 Å². The van der Waals surface area contributed by atoms with Crippen LogP contribution in [0.25, 0.3) is 33.4 Å². The van der Waals surface area contributed by atoms with Gasteiger partial charge in [0.25, 0.3) is 11.8 Å². The van der Waals surface area contributed by atoms with E-state index in [0.29, 0.717) is 28.3 Å². The molecule has 0 spiro atoms.